The van der Waals surface area contributed by atoms with Crippen LogP contribution < -0.4 is 5.73 Å². The van der Waals surface area contributed by atoms with Crippen molar-refractivity contribution in [2.45, 2.75) is 6.92 Å². The Bertz CT molecular complexity index is 1010. The molecule has 1 heterocycles. The summed E-state index contributed by atoms with van der Waals surface area (Å²) in [6.45, 7) is 1.96. The van der Waals surface area contributed by atoms with Crippen LogP contribution in [-0.4, -0.2) is 15.0 Å². The fourth-order valence-corrected chi connectivity index (χ4v) is 3.19. The number of benzene rings is 3. The van der Waals surface area contributed by atoms with Gasteiger partial charge >= 0.3 is 0 Å². The average Bonchev–Trinajstić information content (AvgIpc) is 2.96. The van der Waals surface area contributed by atoms with E-state index >= 15 is 0 Å². The number of hydrogen-bond acceptors (Lipinski definition) is 3. The van der Waals surface area contributed by atoms with Gasteiger partial charge in [0.1, 0.15) is 11.0 Å². The smallest absolute Gasteiger partial charge is 0.118 e. The number of rotatable bonds is 1. The number of aromatic nitrogens is 3. The van der Waals surface area contributed by atoms with E-state index in [1.165, 1.54) is 5.39 Å². The molecular formula is C17H13BrN4. The summed E-state index contributed by atoms with van der Waals surface area (Å²) < 4.78 is 0.850. The van der Waals surface area contributed by atoms with E-state index in [0.29, 0.717) is 5.69 Å². The first-order chi connectivity index (χ1) is 10.6. The molecule has 22 heavy (non-hydrogen) atoms. The standard InChI is InChI=1S/C17H13BrN4/c1-10-16(19)13(18)9-14-17(10)21-22(20-14)15-8-4-6-11-5-2-3-7-12(11)15/h2-9H,19H2,1H3. The molecule has 0 aliphatic rings. The number of nitrogens with zero attached hydrogens (tertiary/aromatic N) is 3. The molecular weight excluding hydrogens is 340 g/mol. The summed E-state index contributed by atoms with van der Waals surface area (Å²) in [5.74, 6) is 0. The molecule has 0 radical (unpaired) electrons. The summed E-state index contributed by atoms with van der Waals surface area (Å²) in [6, 6.07) is 16.2. The molecule has 0 atom stereocenters. The highest BCUT2D eigenvalue weighted by atomic mass is 79.9. The molecule has 2 N–H and O–H groups in total. The molecule has 0 amide bonds. The fourth-order valence-electron chi connectivity index (χ4n) is 2.68. The molecule has 0 saturated heterocycles. The van der Waals surface area contributed by atoms with Gasteiger partial charge in [0.05, 0.1) is 11.4 Å². The van der Waals surface area contributed by atoms with Crippen molar-refractivity contribution < 1.29 is 0 Å². The molecule has 4 nitrogen and oxygen atoms in total. The molecule has 1 aromatic heterocycles. The number of fused-ring (bicyclic) bond motifs is 2. The Hall–Kier alpha value is -2.40. The Morgan fingerprint density at radius 3 is 2.68 bits per heavy atom. The maximum Gasteiger partial charge on any atom is 0.118 e. The maximum absolute atomic E-state index is 6.06. The van der Waals surface area contributed by atoms with Gasteiger partial charge in [0, 0.05) is 15.4 Å². The minimum Gasteiger partial charge on any atom is -0.398 e. The van der Waals surface area contributed by atoms with Crippen LogP contribution in [0, 0.1) is 6.92 Å². The Morgan fingerprint density at radius 1 is 1.05 bits per heavy atom. The van der Waals surface area contributed by atoms with Gasteiger partial charge in [0.2, 0.25) is 0 Å². The maximum atomic E-state index is 6.06. The second-order valence-electron chi connectivity index (χ2n) is 5.25. The van der Waals surface area contributed by atoms with E-state index in [2.05, 4.69) is 44.3 Å². The van der Waals surface area contributed by atoms with E-state index < -0.39 is 0 Å². The summed E-state index contributed by atoms with van der Waals surface area (Å²) in [7, 11) is 0. The number of nitrogen functional groups attached to an aromatic ring is 1. The zero-order valence-corrected chi connectivity index (χ0v) is 13.5. The third-order valence-corrected chi connectivity index (χ3v) is 4.56. The van der Waals surface area contributed by atoms with E-state index in [0.717, 1.165) is 32.1 Å². The van der Waals surface area contributed by atoms with Gasteiger partial charge in [-0.3, -0.25) is 0 Å². The number of hydrogen-bond donors (Lipinski definition) is 1. The van der Waals surface area contributed by atoms with Gasteiger partial charge in [-0.1, -0.05) is 36.4 Å². The second kappa shape index (κ2) is 4.81. The second-order valence-corrected chi connectivity index (χ2v) is 6.11. The molecule has 0 saturated carbocycles. The van der Waals surface area contributed by atoms with Crippen LogP contribution >= 0.6 is 15.9 Å². The van der Waals surface area contributed by atoms with Gasteiger partial charge in [0.25, 0.3) is 0 Å². The van der Waals surface area contributed by atoms with Crippen molar-refractivity contribution in [2.24, 2.45) is 0 Å². The normalized spacial score (nSPS) is 11.4. The monoisotopic (exact) mass is 352 g/mol. The molecule has 108 valence electrons. The van der Waals surface area contributed by atoms with Gasteiger partial charge in [-0.25, -0.2) is 0 Å². The molecule has 3 aromatic carbocycles. The quantitative estimate of drug-likeness (QED) is 0.521. The number of aryl methyl sites for hydroxylation is 1. The number of anilines is 1. The fraction of sp³-hybridized carbons (Fsp3) is 0.0588. The Morgan fingerprint density at radius 2 is 1.82 bits per heavy atom. The molecule has 5 heteroatoms. The van der Waals surface area contributed by atoms with Gasteiger partial charge in [-0.2, -0.15) is 0 Å². The minimum atomic E-state index is 0.706. The highest BCUT2D eigenvalue weighted by molar-refractivity contribution is 9.10. The summed E-state index contributed by atoms with van der Waals surface area (Å²) in [5, 5.41) is 11.5. The molecule has 4 rings (SSSR count). The van der Waals surface area contributed by atoms with Crippen LogP contribution in [0.1, 0.15) is 5.56 Å². The first-order valence-corrected chi connectivity index (χ1v) is 7.74. The minimum absolute atomic E-state index is 0.706. The highest BCUT2D eigenvalue weighted by Crippen LogP contribution is 2.30. The first-order valence-electron chi connectivity index (χ1n) is 6.95. The summed E-state index contributed by atoms with van der Waals surface area (Å²) in [5.41, 5.74) is 10.3. The zero-order valence-electron chi connectivity index (χ0n) is 11.9. The number of nitrogens with two attached hydrogens (primary N) is 1. The van der Waals surface area contributed by atoms with Crippen molar-refractivity contribution in [1.82, 2.24) is 15.0 Å². The summed E-state index contributed by atoms with van der Waals surface area (Å²) in [6.07, 6.45) is 0. The summed E-state index contributed by atoms with van der Waals surface area (Å²) in [4.78, 5) is 1.69. The lowest BCUT2D eigenvalue weighted by molar-refractivity contribution is 0.771. The zero-order chi connectivity index (χ0) is 15.3. The number of halogens is 1. The predicted octanol–water partition coefficient (Wildman–Crippen LogP) is 4.23. The van der Waals surface area contributed by atoms with Crippen LogP contribution in [0.15, 0.2) is 53.0 Å². The van der Waals surface area contributed by atoms with Crippen LogP contribution in [-0.2, 0) is 0 Å². The molecule has 0 aliphatic carbocycles. The van der Waals surface area contributed by atoms with Crippen LogP contribution in [0.5, 0.6) is 0 Å². The van der Waals surface area contributed by atoms with E-state index in [1.54, 1.807) is 4.80 Å². The third kappa shape index (κ3) is 1.89. The van der Waals surface area contributed by atoms with E-state index in [4.69, 9.17) is 5.73 Å². The lowest BCUT2D eigenvalue weighted by atomic mass is 10.1. The average molecular weight is 353 g/mol. The molecule has 4 aromatic rings. The molecule has 0 aliphatic heterocycles. The van der Waals surface area contributed by atoms with Gasteiger partial charge < -0.3 is 5.73 Å². The Balaban J connectivity index is 2.03. The van der Waals surface area contributed by atoms with Crippen LogP contribution in [0.4, 0.5) is 5.69 Å². The van der Waals surface area contributed by atoms with E-state index in [1.807, 2.05) is 37.3 Å². The van der Waals surface area contributed by atoms with Crippen LogP contribution in [0.3, 0.4) is 0 Å². The molecule has 0 fully saturated rings. The van der Waals surface area contributed by atoms with Crippen molar-refractivity contribution in [3.8, 4) is 5.69 Å². The molecule has 0 bridgehead atoms. The Kier molecular flexibility index (Phi) is 2.90. The van der Waals surface area contributed by atoms with E-state index in [-0.39, 0.29) is 0 Å². The predicted molar refractivity (Wildman–Crippen MR) is 93.2 cm³/mol. The van der Waals surface area contributed by atoms with Gasteiger partial charge in [-0.15, -0.1) is 15.0 Å². The first kappa shape index (κ1) is 13.3. The van der Waals surface area contributed by atoms with Gasteiger partial charge in [0.15, 0.2) is 0 Å². The van der Waals surface area contributed by atoms with Crippen LogP contribution in [0.2, 0.25) is 0 Å². The van der Waals surface area contributed by atoms with Crippen molar-refractivity contribution in [3.05, 3.63) is 58.6 Å². The topological polar surface area (TPSA) is 56.7 Å². The molecule has 0 spiro atoms. The summed E-state index contributed by atoms with van der Waals surface area (Å²) >= 11 is 3.47. The molecule has 0 unspecified atom stereocenters. The van der Waals surface area contributed by atoms with Crippen molar-refractivity contribution in [3.63, 3.8) is 0 Å². The van der Waals surface area contributed by atoms with E-state index in [9.17, 15) is 0 Å². The van der Waals surface area contributed by atoms with Crippen molar-refractivity contribution in [1.29, 1.82) is 0 Å². The van der Waals surface area contributed by atoms with Crippen molar-refractivity contribution >= 4 is 43.4 Å². The van der Waals surface area contributed by atoms with Gasteiger partial charge in [-0.05, 0) is 40.4 Å². The third-order valence-electron chi connectivity index (χ3n) is 3.90. The lowest BCUT2D eigenvalue weighted by Gasteiger charge is -2.04. The largest absolute Gasteiger partial charge is 0.398 e. The van der Waals surface area contributed by atoms with Crippen LogP contribution in [0.25, 0.3) is 27.5 Å². The SMILES string of the molecule is Cc1c(N)c(Br)cc2nn(-c3cccc4ccccc34)nc12. The lowest BCUT2D eigenvalue weighted by Crippen LogP contribution is -1.99. The van der Waals surface area contributed by atoms with Crippen molar-refractivity contribution in [2.75, 3.05) is 5.73 Å². The Labute approximate surface area is 135 Å². The highest BCUT2D eigenvalue weighted by Gasteiger charge is 2.13.